The number of rotatable bonds is 2. The molecule has 2 rings (SSSR count). The van der Waals surface area contributed by atoms with Gasteiger partial charge in [-0.15, -0.1) is 11.6 Å². The number of nitrogens with one attached hydrogen (secondary N) is 1. The first kappa shape index (κ1) is 12.7. The van der Waals surface area contributed by atoms with Crippen molar-refractivity contribution in [3.8, 4) is 0 Å². The highest BCUT2D eigenvalue weighted by Crippen LogP contribution is 2.25. The van der Waals surface area contributed by atoms with Gasteiger partial charge in [-0.25, -0.2) is 0 Å². The Morgan fingerprint density at radius 2 is 2.18 bits per heavy atom. The summed E-state index contributed by atoms with van der Waals surface area (Å²) in [6.07, 6.45) is 2.98. The highest BCUT2D eigenvalue weighted by atomic mass is 35.5. The first-order valence-corrected chi connectivity index (χ1v) is 6.61. The summed E-state index contributed by atoms with van der Waals surface area (Å²) in [5.74, 6) is -0.128. The summed E-state index contributed by atoms with van der Waals surface area (Å²) in [6, 6.07) is 5.53. The summed E-state index contributed by atoms with van der Waals surface area (Å²) in [6.45, 7) is 1.89. The number of carbonyl (C=O) groups is 1. The zero-order valence-electron chi connectivity index (χ0n) is 9.67. The van der Waals surface area contributed by atoms with Gasteiger partial charge < -0.3 is 5.32 Å². The molecule has 1 aromatic carbocycles. The van der Waals surface area contributed by atoms with Gasteiger partial charge in [0.1, 0.15) is 0 Å². The molecule has 92 valence electrons. The first-order valence-electron chi connectivity index (χ1n) is 5.79. The summed E-state index contributed by atoms with van der Waals surface area (Å²) < 4.78 is 0. The number of carbonyl (C=O) groups excluding carboxylic acids is 1. The third-order valence-electron chi connectivity index (χ3n) is 3.18. The minimum Gasteiger partial charge on any atom is -0.348 e. The van der Waals surface area contributed by atoms with E-state index < -0.39 is 0 Å². The molecule has 1 aliphatic carbocycles. The third kappa shape index (κ3) is 2.75. The van der Waals surface area contributed by atoms with E-state index in [0.717, 1.165) is 24.8 Å². The van der Waals surface area contributed by atoms with Crippen molar-refractivity contribution in [1.29, 1.82) is 0 Å². The largest absolute Gasteiger partial charge is 0.348 e. The van der Waals surface area contributed by atoms with Crippen LogP contribution in [-0.2, 0) is 0 Å². The molecule has 2 unspecified atom stereocenters. The van der Waals surface area contributed by atoms with Crippen molar-refractivity contribution in [3.63, 3.8) is 0 Å². The number of hydrogen-bond acceptors (Lipinski definition) is 1. The molecular weight excluding hydrogens is 257 g/mol. The molecule has 17 heavy (non-hydrogen) atoms. The van der Waals surface area contributed by atoms with Crippen LogP contribution >= 0.6 is 23.2 Å². The maximum Gasteiger partial charge on any atom is 0.253 e. The van der Waals surface area contributed by atoms with Crippen molar-refractivity contribution in [3.05, 3.63) is 34.3 Å². The maximum absolute atomic E-state index is 12.1. The molecule has 0 bridgehead atoms. The van der Waals surface area contributed by atoms with E-state index in [1.807, 2.05) is 19.1 Å². The van der Waals surface area contributed by atoms with Crippen molar-refractivity contribution in [2.45, 2.75) is 37.6 Å². The molecule has 0 saturated heterocycles. The second kappa shape index (κ2) is 5.28. The number of hydrogen-bond donors (Lipinski definition) is 1. The van der Waals surface area contributed by atoms with Crippen molar-refractivity contribution < 1.29 is 4.79 Å². The summed E-state index contributed by atoms with van der Waals surface area (Å²) >= 11 is 12.2. The van der Waals surface area contributed by atoms with Crippen LogP contribution in [0.25, 0.3) is 0 Å². The average molecular weight is 272 g/mol. The summed E-state index contributed by atoms with van der Waals surface area (Å²) in [4.78, 5) is 12.1. The normalized spacial score (nSPS) is 23.7. The fraction of sp³-hybridized carbons (Fsp3) is 0.462. The molecule has 0 radical (unpaired) electrons. The van der Waals surface area contributed by atoms with Crippen molar-refractivity contribution in [1.82, 2.24) is 5.32 Å². The molecule has 4 heteroatoms. The molecule has 2 nitrogen and oxygen atoms in total. The van der Waals surface area contributed by atoms with E-state index in [9.17, 15) is 4.79 Å². The smallest absolute Gasteiger partial charge is 0.253 e. The quantitative estimate of drug-likeness (QED) is 0.820. The monoisotopic (exact) mass is 271 g/mol. The van der Waals surface area contributed by atoms with E-state index in [2.05, 4.69) is 5.32 Å². The fourth-order valence-electron chi connectivity index (χ4n) is 2.15. The minimum atomic E-state index is -0.128. The van der Waals surface area contributed by atoms with Gasteiger partial charge in [-0.2, -0.15) is 0 Å². The second-order valence-electron chi connectivity index (χ2n) is 4.46. The standard InChI is InChI=1S/C13H15Cl2NO/c1-8-4-2-5-9(12(8)15)13(17)16-11-7-3-6-10(11)14/h2,4-5,10-11H,3,6-7H2,1H3,(H,16,17). The number of benzene rings is 1. The Kier molecular flexibility index (Phi) is 3.95. The maximum atomic E-state index is 12.1. The average Bonchev–Trinajstić information content (AvgIpc) is 2.68. The molecule has 1 saturated carbocycles. The summed E-state index contributed by atoms with van der Waals surface area (Å²) in [5.41, 5.74) is 1.44. The van der Waals surface area contributed by atoms with Crippen LogP contribution < -0.4 is 5.32 Å². The molecule has 1 aromatic rings. The molecule has 0 aromatic heterocycles. The van der Waals surface area contributed by atoms with Gasteiger partial charge in [0.2, 0.25) is 0 Å². The van der Waals surface area contributed by atoms with Crippen LogP contribution in [0, 0.1) is 6.92 Å². The van der Waals surface area contributed by atoms with Gasteiger partial charge in [0, 0.05) is 6.04 Å². The van der Waals surface area contributed by atoms with E-state index >= 15 is 0 Å². The predicted octanol–water partition coefficient (Wildman–Crippen LogP) is 3.54. The lowest BCUT2D eigenvalue weighted by atomic mass is 10.1. The van der Waals surface area contributed by atoms with Crippen LogP contribution in [0.15, 0.2) is 18.2 Å². The first-order chi connectivity index (χ1) is 8.09. The van der Waals surface area contributed by atoms with Gasteiger partial charge in [0.25, 0.3) is 5.91 Å². The van der Waals surface area contributed by atoms with Crippen LogP contribution in [0.5, 0.6) is 0 Å². The third-order valence-corrected chi connectivity index (χ3v) is 4.21. The van der Waals surface area contributed by atoms with E-state index in [4.69, 9.17) is 23.2 Å². The zero-order chi connectivity index (χ0) is 12.4. The Balaban J connectivity index is 2.12. The predicted molar refractivity (Wildman–Crippen MR) is 70.9 cm³/mol. The van der Waals surface area contributed by atoms with Crippen LogP contribution in [-0.4, -0.2) is 17.3 Å². The Morgan fingerprint density at radius 1 is 1.41 bits per heavy atom. The lowest BCUT2D eigenvalue weighted by molar-refractivity contribution is 0.0938. The Hall–Kier alpha value is -0.730. The molecule has 0 heterocycles. The van der Waals surface area contributed by atoms with Gasteiger partial charge in [-0.05, 0) is 37.8 Å². The Morgan fingerprint density at radius 3 is 2.82 bits per heavy atom. The molecule has 1 aliphatic rings. The van der Waals surface area contributed by atoms with Crippen molar-refractivity contribution >= 4 is 29.1 Å². The summed E-state index contributed by atoms with van der Waals surface area (Å²) in [7, 11) is 0. The fourth-order valence-corrected chi connectivity index (χ4v) is 2.70. The zero-order valence-corrected chi connectivity index (χ0v) is 11.2. The lowest BCUT2D eigenvalue weighted by Gasteiger charge is -2.16. The highest BCUT2D eigenvalue weighted by Gasteiger charge is 2.27. The molecule has 2 atom stereocenters. The van der Waals surface area contributed by atoms with Gasteiger partial charge in [0.15, 0.2) is 0 Å². The molecule has 1 N–H and O–H groups in total. The van der Waals surface area contributed by atoms with Crippen LogP contribution in [0.4, 0.5) is 0 Å². The topological polar surface area (TPSA) is 29.1 Å². The lowest BCUT2D eigenvalue weighted by Crippen LogP contribution is -2.38. The van der Waals surface area contributed by atoms with Crippen LogP contribution in [0.1, 0.15) is 35.2 Å². The SMILES string of the molecule is Cc1cccc(C(=O)NC2CCCC2Cl)c1Cl. The number of alkyl halides is 1. The summed E-state index contributed by atoms with van der Waals surface area (Å²) in [5, 5.41) is 3.52. The Bertz CT molecular complexity index is 433. The van der Waals surface area contributed by atoms with Crippen molar-refractivity contribution in [2.75, 3.05) is 0 Å². The number of amides is 1. The highest BCUT2D eigenvalue weighted by molar-refractivity contribution is 6.34. The second-order valence-corrected chi connectivity index (χ2v) is 5.40. The molecule has 0 aliphatic heterocycles. The van der Waals surface area contributed by atoms with Gasteiger partial charge in [-0.1, -0.05) is 23.7 Å². The molecule has 1 amide bonds. The Labute approximate surface area is 111 Å². The van der Waals surface area contributed by atoms with E-state index in [1.54, 1.807) is 6.07 Å². The molecule has 1 fully saturated rings. The van der Waals surface area contributed by atoms with Crippen LogP contribution in [0.3, 0.4) is 0 Å². The van der Waals surface area contributed by atoms with Gasteiger partial charge >= 0.3 is 0 Å². The number of halogens is 2. The minimum absolute atomic E-state index is 0.0440. The number of aryl methyl sites for hydroxylation is 1. The molecular formula is C13H15Cl2NO. The van der Waals surface area contributed by atoms with Gasteiger partial charge in [-0.3, -0.25) is 4.79 Å². The van der Waals surface area contributed by atoms with Gasteiger partial charge in [0.05, 0.1) is 16.0 Å². The van der Waals surface area contributed by atoms with E-state index in [-0.39, 0.29) is 17.3 Å². The van der Waals surface area contributed by atoms with E-state index in [1.165, 1.54) is 0 Å². The van der Waals surface area contributed by atoms with Crippen LogP contribution in [0.2, 0.25) is 5.02 Å². The molecule has 0 spiro atoms. The van der Waals surface area contributed by atoms with Crippen molar-refractivity contribution in [2.24, 2.45) is 0 Å². The van der Waals surface area contributed by atoms with E-state index in [0.29, 0.717) is 10.6 Å².